The molecule has 0 atom stereocenters. The highest BCUT2D eigenvalue weighted by molar-refractivity contribution is 6.04. The van der Waals surface area contributed by atoms with E-state index in [-0.39, 0.29) is 5.75 Å². The molecule has 0 aliphatic heterocycles. The summed E-state index contributed by atoms with van der Waals surface area (Å²) in [5.41, 5.74) is 6.31. The number of hydrogen-bond acceptors (Lipinski definition) is 7. The summed E-state index contributed by atoms with van der Waals surface area (Å²) in [5, 5.41) is 23.6. The Hall–Kier alpha value is -3.68. The first-order valence-electron chi connectivity index (χ1n) is 10.1. The summed E-state index contributed by atoms with van der Waals surface area (Å²) >= 11 is 0. The van der Waals surface area contributed by atoms with Gasteiger partial charge in [-0.2, -0.15) is 10.1 Å². The first-order valence-corrected chi connectivity index (χ1v) is 10.1. The number of aromatic hydroxyl groups is 1. The molecule has 0 aliphatic carbocycles. The zero-order chi connectivity index (χ0) is 20.9. The number of nitrogens with one attached hydrogen (secondary N) is 1. The van der Waals surface area contributed by atoms with Crippen LogP contribution in [0.15, 0.2) is 47.6 Å². The van der Waals surface area contributed by atoms with Gasteiger partial charge in [-0.05, 0) is 43.2 Å². The van der Waals surface area contributed by atoms with Crippen LogP contribution in [-0.4, -0.2) is 37.7 Å². The predicted molar refractivity (Wildman–Crippen MR) is 118 cm³/mol. The molecular weight excluding hydrogens is 380 g/mol. The second-order valence-electron chi connectivity index (χ2n) is 6.86. The molecule has 0 saturated carbocycles. The van der Waals surface area contributed by atoms with E-state index >= 15 is 0 Å². The third kappa shape index (κ3) is 3.89. The van der Waals surface area contributed by atoms with Crippen LogP contribution in [0.5, 0.6) is 11.5 Å². The number of aromatic nitrogens is 4. The lowest BCUT2D eigenvalue weighted by Crippen LogP contribution is -2.03. The minimum absolute atomic E-state index is 0.0971. The van der Waals surface area contributed by atoms with Gasteiger partial charge in [0.25, 0.3) is 5.95 Å². The summed E-state index contributed by atoms with van der Waals surface area (Å²) in [7, 11) is 0. The molecule has 2 N–H and O–H groups in total. The maximum atomic E-state index is 9.80. The zero-order valence-corrected chi connectivity index (χ0v) is 17.0. The minimum atomic E-state index is 0.0971. The van der Waals surface area contributed by atoms with Gasteiger partial charge < -0.3 is 14.4 Å². The normalized spacial score (nSPS) is 11.5. The Balaban J connectivity index is 1.61. The van der Waals surface area contributed by atoms with Gasteiger partial charge in [-0.3, -0.25) is 0 Å². The molecular formula is C22H24N6O2. The molecule has 0 spiro atoms. The lowest BCUT2D eigenvalue weighted by atomic mass is 10.2. The van der Waals surface area contributed by atoms with E-state index in [2.05, 4.69) is 43.3 Å². The van der Waals surface area contributed by atoms with Gasteiger partial charge in [0.05, 0.1) is 18.3 Å². The number of aryl methyl sites for hydroxylation is 1. The molecule has 0 unspecified atom stereocenters. The van der Waals surface area contributed by atoms with Crippen molar-refractivity contribution in [1.82, 2.24) is 19.7 Å². The monoisotopic (exact) mass is 404 g/mol. The number of nitrogens with zero attached hydrogens (tertiary/aromatic N) is 5. The first kappa shape index (κ1) is 19.6. The average Bonchev–Trinajstić information content (AvgIpc) is 3.07. The van der Waals surface area contributed by atoms with Gasteiger partial charge in [-0.25, -0.2) is 5.43 Å². The third-order valence-corrected chi connectivity index (χ3v) is 4.77. The molecule has 4 aromatic rings. The largest absolute Gasteiger partial charge is 0.504 e. The molecule has 2 aromatic heterocycles. The fraction of sp³-hybridized carbons (Fsp3) is 0.273. The summed E-state index contributed by atoms with van der Waals surface area (Å²) in [4.78, 5) is 4.66. The Kier molecular flexibility index (Phi) is 5.74. The molecule has 2 heterocycles. The van der Waals surface area contributed by atoms with Crippen LogP contribution in [0, 0.1) is 0 Å². The van der Waals surface area contributed by atoms with Crippen molar-refractivity contribution < 1.29 is 9.84 Å². The number of fused-ring (bicyclic) bond motifs is 3. The number of unbranched alkanes of at least 4 members (excludes halogenated alkanes) is 1. The van der Waals surface area contributed by atoms with E-state index in [1.807, 2.05) is 25.1 Å². The van der Waals surface area contributed by atoms with Crippen molar-refractivity contribution in [1.29, 1.82) is 0 Å². The number of hydrogen-bond donors (Lipinski definition) is 2. The fourth-order valence-electron chi connectivity index (χ4n) is 3.34. The molecule has 8 heteroatoms. The molecule has 8 nitrogen and oxygen atoms in total. The number of ether oxygens (including phenoxy) is 1. The van der Waals surface area contributed by atoms with Gasteiger partial charge in [0.15, 0.2) is 17.1 Å². The Morgan fingerprint density at radius 1 is 1.17 bits per heavy atom. The van der Waals surface area contributed by atoms with E-state index in [1.54, 1.807) is 24.4 Å². The van der Waals surface area contributed by atoms with Crippen molar-refractivity contribution >= 4 is 34.2 Å². The summed E-state index contributed by atoms with van der Waals surface area (Å²) in [6, 6.07) is 13.2. The summed E-state index contributed by atoms with van der Waals surface area (Å²) in [5.74, 6) is 0.837. The lowest BCUT2D eigenvalue weighted by molar-refractivity contribution is 0.318. The lowest BCUT2D eigenvalue weighted by Gasteiger charge is -2.06. The molecule has 2 aromatic carbocycles. The maximum Gasteiger partial charge on any atom is 0.265 e. The van der Waals surface area contributed by atoms with Crippen molar-refractivity contribution in [3.8, 4) is 11.5 Å². The van der Waals surface area contributed by atoms with Crippen LogP contribution >= 0.6 is 0 Å². The number of phenolic OH excluding ortho intramolecular Hbond substituents is 1. The van der Waals surface area contributed by atoms with E-state index in [0.29, 0.717) is 18.3 Å². The van der Waals surface area contributed by atoms with Gasteiger partial charge in [-0.1, -0.05) is 31.5 Å². The Morgan fingerprint density at radius 3 is 2.87 bits per heavy atom. The first-order chi connectivity index (χ1) is 14.7. The van der Waals surface area contributed by atoms with Crippen LogP contribution < -0.4 is 10.2 Å². The van der Waals surface area contributed by atoms with Crippen molar-refractivity contribution in [2.45, 2.75) is 33.2 Å². The van der Waals surface area contributed by atoms with Gasteiger partial charge in [-0.15, -0.1) is 10.2 Å². The van der Waals surface area contributed by atoms with E-state index in [1.165, 1.54) is 0 Å². The Bertz CT molecular complexity index is 1200. The highest BCUT2D eigenvalue weighted by Crippen LogP contribution is 2.27. The summed E-state index contributed by atoms with van der Waals surface area (Å²) < 4.78 is 7.58. The van der Waals surface area contributed by atoms with Gasteiger partial charge in [0.2, 0.25) is 0 Å². The topological polar surface area (TPSA) is 97.5 Å². The standard InChI is InChI=1S/C22H24N6O2/c1-3-5-12-28-17-9-7-6-8-16(17)20-21(28)24-22(27-25-20)26-23-14-15-10-11-18(29)19(13-15)30-4-2/h6-11,13-14,29H,3-5,12H2,1-2H3,(H,24,26,27)/b23-14+. The molecule has 0 radical (unpaired) electrons. The van der Waals surface area contributed by atoms with Crippen LogP contribution in [0.2, 0.25) is 0 Å². The molecule has 0 bridgehead atoms. The summed E-state index contributed by atoms with van der Waals surface area (Å²) in [6.07, 6.45) is 3.77. The van der Waals surface area contributed by atoms with Gasteiger partial charge >= 0.3 is 0 Å². The maximum absolute atomic E-state index is 9.80. The minimum Gasteiger partial charge on any atom is -0.504 e. The van der Waals surface area contributed by atoms with Crippen LogP contribution in [0.4, 0.5) is 5.95 Å². The highest BCUT2D eigenvalue weighted by atomic mass is 16.5. The highest BCUT2D eigenvalue weighted by Gasteiger charge is 2.14. The third-order valence-electron chi connectivity index (χ3n) is 4.77. The number of para-hydroxylation sites is 1. The zero-order valence-electron chi connectivity index (χ0n) is 17.0. The van der Waals surface area contributed by atoms with E-state index in [4.69, 9.17) is 4.74 Å². The SMILES string of the molecule is CCCCn1c2ccccc2c2nnc(N/N=C/c3ccc(O)c(OCC)c3)nc21. The number of benzene rings is 2. The molecule has 154 valence electrons. The van der Waals surface area contributed by atoms with E-state index in [9.17, 15) is 5.11 Å². The second-order valence-corrected chi connectivity index (χ2v) is 6.86. The quantitative estimate of drug-likeness (QED) is 0.335. The van der Waals surface area contributed by atoms with Gasteiger partial charge in [0, 0.05) is 11.9 Å². The van der Waals surface area contributed by atoms with Crippen LogP contribution in [0.1, 0.15) is 32.3 Å². The Labute approximate surface area is 174 Å². The fourth-order valence-corrected chi connectivity index (χ4v) is 3.34. The van der Waals surface area contributed by atoms with E-state index < -0.39 is 0 Å². The molecule has 0 aliphatic rings. The summed E-state index contributed by atoms with van der Waals surface area (Å²) in [6.45, 7) is 5.37. The molecule has 0 saturated heterocycles. The van der Waals surface area contributed by atoms with Crippen molar-refractivity contribution in [2.24, 2.45) is 5.10 Å². The average molecular weight is 404 g/mol. The number of rotatable bonds is 8. The molecule has 4 rings (SSSR count). The second kappa shape index (κ2) is 8.77. The smallest absolute Gasteiger partial charge is 0.265 e. The van der Waals surface area contributed by atoms with Crippen LogP contribution in [0.25, 0.3) is 22.1 Å². The van der Waals surface area contributed by atoms with E-state index in [0.717, 1.165) is 47.0 Å². The van der Waals surface area contributed by atoms with Crippen molar-refractivity contribution in [3.05, 3.63) is 48.0 Å². The van der Waals surface area contributed by atoms with Gasteiger partial charge in [0.1, 0.15) is 5.52 Å². The van der Waals surface area contributed by atoms with Crippen molar-refractivity contribution in [2.75, 3.05) is 12.0 Å². The number of anilines is 1. The number of hydrazone groups is 1. The number of phenols is 1. The Morgan fingerprint density at radius 2 is 2.03 bits per heavy atom. The van der Waals surface area contributed by atoms with Crippen LogP contribution in [0.3, 0.4) is 0 Å². The van der Waals surface area contributed by atoms with Crippen molar-refractivity contribution in [3.63, 3.8) is 0 Å². The molecule has 30 heavy (non-hydrogen) atoms. The van der Waals surface area contributed by atoms with Crippen LogP contribution in [-0.2, 0) is 6.54 Å². The predicted octanol–water partition coefficient (Wildman–Crippen LogP) is 4.33. The molecule has 0 amide bonds. The molecule has 0 fully saturated rings.